The molecule has 0 saturated carbocycles. The van der Waals surface area contributed by atoms with E-state index in [2.05, 4.69) is 5.32 Å². The second-order valence-electron chi connectivity index (χ2n) is 11.2. The highest BCUT2D eigenvalue weighted by atomic mass is 16.5. The number of benzene rings is 4. The highest BCUT2D eigenvalue weighted by molar-refractivity contribution is 6.16. The molecule has 210 valence electrons. The first kappa shape index (κ1) is 26.4. The SMILES string of the molecule is Cc1ccc(C(=O)C2C(C(=O)c3ccc(OCC#N)cc3)C3(C(=O)Nc4ccccc43)C3c4ccccc4C=CN23)cc1. The van der Waals surface area contributed by atoms with Crippen molar-refractivity contribution in [1.82, 2.24) is 4.90 Å². The number of nitrogens with zero attached hydrogens (tertiary/aromatic N) is 2. The summed E-state index contributed by atoms with van der Waals surface area (Å²) in [5.74, 6) is -1.46. The average molecular weight is 566 g/mol. The van der Waals surface area contributed by atoms with Crippen molar-refractivity contribution in [2.24, 2.45) is 5.92 Å². The first-order valence-corrected chi connectivity index (χ1v) is 14.2. The lowest BCUT2D eigenvalue weighted by Crippen LogP contribution is -2.49. The Morgan fingerprint density at radius 1 is 0.907 bits per heavy atom. The number of ketones is 2. The van der Waals surface area contributed by atoms with Crippen LogP contribution in [0.2, 0.25) is 0 Å². The number of hydrogen-bond donors (Lipinski definition) is 1. The minimum atomic E-state index is -1.39. The van der Waals surface area contributed by atoms with Gasteiger partial charge in [0.25, 0.3) is 0 Å². The third kappa shape index (κ3) is 3.91. The van der Waals surface area contributed by atoms with E-state index in [1.807, 2.05) is 90.8 Å². The molecule has 3 heterocycles. The Morgan fingerprint density at radius 2 is 1.58 bits per heavy atom. The molecule has 0 aliphatic carbocycles. The summed E-state index contributed by atoms with van der Waals surface area (Å²) in [6.45, 7) is 1.83. The number of nitriles is 1. The molecule has 0 aromatic heterocycles. The predicted octanol–water partition coefficient (Wildman–Crippen LogP) is 5.88. The van der Waals surface area contributed by atoms with Crippen molar-refractivity contribution in [2.45, 2.75) is 24.4 Å². The summed E-state index contributed by atoms with van der Waals surface area (Å²) in [6.07, 6.45) is 3.81. The Labute approximate surface area is 249 Å². The van der Waals surface area contributed by atoms with Gasteiger partial charge in [-0.15, -0.1) is 0 Å². The predicted molar refractivity (Wildman–Crippen MR) is 161 cm³/mol. The number of fused-ring (bicyclic) bond motifs is 6. The summed E-state index contributed by atoms with van der Waals surface area (Å²) >= 11 is 0. The molecule has 1 N–H and O–H groups in total. The molecular weight excluding hydrogens is 538 g/mol. The number of ether oxygens (including phenoxy) is 1. The number of carbonyl (C=O) groups is 3. The Kier molecular flexibility index (Phi) is 6.21. The zero-order chi connectivity index (χ0) is 29.7. The van der Waals surface area contributed by atoms with E-state index in [1.165, 1.54) is 0 Å². The van der Waals surface area contributed by atoms with Crippen LogP contribution in [0.5, 0.6) is 5.75 Å². The molecular formula is C36H27N3O4. The van der Waals surface area contributed by atoms with Gasteiger partial charge in [0, 0.05) is 23.0 Å². The maximum atomic E-state index is 14.9. The van der Waals surface area contributed by atoms with Crippen LogP contribution in [0, 0.1) is 24.2 Å². The Balaban J connectivity index is 1.48. The van der Waals surface area contributed by atoms with Crippen LogP contribution >= 0.6 is 0 Å². The number of amides is 1. The van der Waals surface area contributed by atoms with E-state index in [9.17, 15) is 14.4 Å². The van der Waals surface area contributed by atoms with E-state index in [0.717, 1.165) is 16.7 Å². The van der Waals surface area contributed by atoms with Crippen LogP contribution in [-0.4, -0.2) is 35.0 Å². The quantitative estimate of drug-likeness (QED) is 0.293. The first-order chi connectivity index (χ1) is 20.9. The molecule has 1 saturated heterocycles. The fourth-order valence-electron chi connectivity index (χ4n) is 7.07. The van der Waals surface area contributed by atoms with E-state index in [4.69, 9.17) is 10.00 Å². The summed E-state index contributed by atoms with van der Waals surface area (Å²) in [5.41, 5.74) is 3.61. The van der Waals surface area contributed by atoms with Gasteiger partial charge in [0.1, 0.15) is 23.3 Å². The standard InChI is InChI=1S/C36H27N3O4/c1-22-10-12-25(13-11-22)33(41)31-30(32(40)24-14-16-26(17-15-24)43-21-19-37)36(28-8-4-5-9-29(28)38-35(36)42)34-27-7-3-2-6-23(27)18-20-39(31)34/h2-18,20,30-31,34H,21H2,1H3,(H,38,42). The van der Waals surface area contributed by atoms with E-state index in [1.54, 1.807) is 36.4 Å². The fourth-order valence-corrected chi connectivity index (χ4v) is 7.07. The number of aryl methyl sites for hydroxylation is 1. The summed E-state index contributed by atoms with van der Waals surface area (Å²) in [5, 5.41) is 12.0. The average Bonchev–Trinajstić information content (AvgIpc) is 3.52. The Hall–Kier alpha value is -5.48. The molecule has 7 heteroatoms. The van der Waals surface area contributed by atoms with Crippen molar-refractivity contribution < 1.29 is 19.1 Å². The van der Waals surface area contributed by atoms with Gasteiger partial charge in [-0.3, -0.25) is 14.4 Å². The van der Waals surface area contributed by atoms with E-state index < -0.39 is 23.4 Å². The lowest BCUT2D eigenvalue weighted by molar-refractivity contribution is -0.122. The molecule has 3 aliphatic rings. The van der Waals surface area contributed by atoms with Crippen LogP contribution in [-0.2, 0) is 10.2 Å². The van der Waals surface area contributed by atoms with Crippen molar-refractivity contribution in [3.63, 3.8) is 0 Å². The van der Waals surface area contributed by atoms with E-state index >= 15 is 0 Å². The second kappa shape index (κ2) is 10.1. The molecule has 4 atom stereocenters. The molecule has 7 rings (SSSR count). The van der Waals surface area contributed by atoms with Crippen molar-refractivity contribution >= 4 is 29.2 Å². The van der Waals surface area contributed by atoms with Gasteiger partial charge in [-0.2, -0.15) is 5.26 Å². The summed E-state index contributed by atoms with van der Waals surface area (Å²) in [6, 6.07) is 29.5. The van der Waals surface area contributed by atoms with Crippen molar-refractivity contribution in [1.29, 1.82) is 5.26 Å². The van der Waals surface area contributed by atoms with Gasteiger partial charge < -0.3 is 15.0 Å². The first-order valence-electron chi connectivity index (χ1n) is 14.2. The molecule has 1 fully saturated rings. The highest BCUT2D eigenvalue weighted by Gasteiger charge is 2.70. The maximum Gasteiger partial charge on any atom is 0.238 e. The molecule has 1 amide bonds. The molecule has 0 bridgehead atoms. The fraction of sp³-hybridized carbons (Fsp3) is 0.167. The normalized spacial score (nSPS) is 22.7. The third-order valence-electron chi connectivity index (χ3n) is 8.90. The van der Waals surface area contributed by atoms with Gasteiger partial charge in [-0.05, 0) is 60.0 Å². The lowest BCUT2D eigenvalue weighted by Gasteiger charge is -2.38. The van der Waals surface area contributed by atoms with Gasteiger partial charge in [0.15, 0.2) is 18.2 Å². The number of anilines is 1. The number of hydrogen-bond acceptors (Lipinski definition) is 6. The van der Waals surface area contributed by atoms with Crippen molar-refractivity contribution in [2.75, 3.05) is 11.9 Å². The highest BCUT2D eigenvalue weighted by Crippen LogP contribution is 2.62. The van der Waals surface area contributed by atoms with Crippen LogP contribution in [0.25, 0.3) is 6.08 Å². The zero-order valence-corrected chi connectivity index (χ0v) is 23.4. The van der Waals surface area contributed by atoms with Crippen LogP contribution in [0.1, 0.15) is 49.0 Å². The van der Waals surface area contributed by atoms with Gasteiger partial charge >= 0.3 is 0 Å². The molecule has 4 unspecified atom stereocenters. The van der Waals surface area contributed by atoms with Gasteiger partial charge in [-0.25, -0.2) is 0 Å². The van der Waals surface area contributed by atoms with Crippen LogP contribution < -0.4 is 10.1 Å². The van der Waals surface area contributed by atoms with E-state index in [0.29, 0.717) is 28.1 Å². The van der Waals surface area contributed by atoms with Crippen LogP contribution in [0.3, 0.4) is 0 Å². The largest absolute Gasteiger partial charge is 0.479 e. The Bertz CT molecular complexity index is 1850. The Morgan fingerprint density at radius 3 is 2.35 bits per heavy atom. The minimum absolute atomic E-state index is 0.120. The van der Waals surface area contributed by atoms with E-state index in [-0.39, 0.29) is 24.1 Å². The summed E-state index contributed by atoms with van der Waals surface area (Å²) in [4.78, 5) is 45.9. The van der Waals surface area contributed by atoms with Gasteiger partial charge in [-0.1, -0.05) is 72.3 Å². The van der Waals surface area contributed by atoms with Gasteiger partial charge in [0.2, 0.25) is 5.91 Å². The molecule has 1 spiro atoms. The second-order valence-corrected chi connectivity index (χ2v) is 11.2. The molecule has 7 nitrogen and oxygen atoms in total. The number of Topliss-reactive ketones (excluding diaryl/α,β-unsaturated/α-hetero) is 2. The minimum Gasteiger partial charge on any atom is -0.479 e. The molecule has 0 radical (unpaired) electrons. The van der Waals surface area contributed by atoms with Crippen molar-refractivity contribution in [3.8, 4) is 11.8 Å². The van der Waals surface area contributed by atoms with Crippen LogP contribution in [0.15, 0.2) is 103 Å². The molecule has 4 aromatic carbocycles. The molecule has 43 heavy (non-hydrogen) atoms. The topological polar surface area (TPSA) is 99.5 Å². The molecule has 4 aromatic rings. The summed E-state index contributed by atoms with van der Waals surface area (Å²) < 4.78 is 5.41. The zero-order valence-electron chi connectivity index (χ0n) is 23.4. The smallest absolute Gasteiger partial charge is 0.238 e. The lowest BCUT2D eigenvalue weighted by atomic mass is 9.62. The molecule has 3 aliphatic heterocycles. The third-order valence-corrected chi connectivity index (χ3v) is 8.90. The van der Waals surface area contributed by atoms with Crippen LogP contribution in [0.4, 0.5) is 5.69 Å². The van der Waals surface area contributed by atoms with Gasteiger partial charge in [0.05, 0.1) is 12.0 Å². The number of nitrogens with one attached hydrogen (secondary N) is 1. The van der Waals surface area contributed by atoms with Crippen molar-refractivity contribution in [3.05, 3.63) is 137 Å². The summed E-state index contributed by atoms with van der Waals surface area (Å²) in [7, 11) is 0. The number of para-hydroxylation sites is 1. The number of rotatable bonds is 6. The number of carbonyl (C=O) groups excluding carboxylic acids is 3. The monoisotopic (exact) mass is 565 g/mol. The maximum absolute atomic E-state index is 14.9.